The third-order valence-corrected chi connectivity index (χ3v) is 4.88. The van der Waals surface area contributed by atoms with Gasteiger partial charge in [-0.2, -0.15) is 0 Å². The highest BCUT2D eigenvalue weighted by Crippen LogP contribution is 2.52. The SMILES string of the molecule is NNC(c1occc1Br)C1(c2ccccc2)CCC1. The zero-order valence-electron chi connectivity index (χ0n) is 10.6. The number of hydrogen-bond acceptors (Lipinski definition) is 3. The maximum atomic E-state index is 5.83. The molecule has 1 unspecified atom stereocenters. The van der Waals surface area contributed by atoms with E-state index in [1.54, 1.807) is 6.26 Å². The zero-order valence-corrected chi connectivity index (χ0v) is 12.2. The van der Waals surface area contributed by atoms with Crippen molar-refractivity contribution in [2.75, 3.05) is 0 Å². The van der Waals surface area contributed by atoms with Crippen molar-refractivity contribution in [2.24, 2.45) is 5.84 Å². The fraction of sp³-hybridized carbons (Fsp3) is 0.333. The van der Waals surface area contributed by atoms with Crippen molar-refractivity contribution < 1.29 is 4.42 Å². The molecule has 0 saturated heterocycles. The molecule has 100 valence electrons. The number of rotatable bonds is 4. The summed E-state index contributed by atoms with van der Waals surface area (Å²) >= 11 is 3.54. The molecule has 1 aliphatic carbocycles. The Labute approximate surface area is 121 Å². The Morgan fingerprint density at radius 2 is 1.95 bits per heavy atom. The highest BCUT2D eigenvalue weighted by molar-refractivity contribution is 9.10. The maximum Gasteiger partial charge on any atom is 0.137 e. The minimum atomic E-state index is -0.00646. The van der Waals surface area contributed by atoms with Gasteiger partial charge >= 0.3 is 0 Å². The van der Waals surface area contributed by atoms with Crippen LogP contribution < -0.4 is 11.3 Å². The Morgan fingerprint density at radius 3 is 2.42 bits per heavy atom. The highest BCUT2D eigenvalue weighted by Gasteiger charge is 2.47. The van der Waals surface area contributed by atoms with Crippen LogP contribution in [0.4, 0.5) is 0 Å². The Bertz CT molecular complexity index is 548. The molecular weight excluding hydrogens is 304 g/mol. The molecule has 0 aliphatic heterocycles. The van der Waals surface area contributed by atoms with Crippen molar-refractivity contribution in [3.63, 3.8) is 0 Å². The molecule has 0 spiro atoms. The minimum Gasteiger partial charge on any atom is -0.466 e. The Morgan fingerprint density at radius 1 is 1.21 bits per heavy atom. The molecule has 3 N–H and O–H groups in total. The van der Waals surface area contributed by atoms with Crippen LogP contribution in [0, 0.1) is 0 Å². The number of nitrogens with two attached hydrogens (primary N) is 1. The molecule has 1 atom stereocenters. The molecule has 0 bridgehead atoms. The molecular formula is C15H17BrN2O. The molecule has 1 heterocycles. The molecule has 3 nitrogen and oxygen atoms in total. The summed E-state index contributed by atoms with van der Waals surface area (Å²) in [4.78, 5) is 0. The second-order valence-electron chi connectivity index (χ2n) is 5.11. The highest BCUT2D eigenvalue weighted by atomic mass is 79.9. The number of nitrogens with one attached hydrogen (secondary N) is 1. The number of halogens is 1. The topological polar surface area (TPSA) is 51.2 Å². The Hall–Kier alpha value is -1.10. The summed E-state index contributed by atoms with van der Waals surface area (Å²) in [7, 11) is 0. The van der Waals surface area contributed by atoms with Gasteiger partial charge in [0.25, 0.3) is 0 Å². The second-order valence-corrected chi connectivity index (χ2v) is 5.96. The molecule has 4 heteroatoms. The first-order chi connectivity index (χ1) is 9.28. The summed E-state index contributed by atoms with van der Waals surface area (Å²) in [6.07, 6.45) is 5.17. The summed E-state index contributed by atoms with van der Waals surface area (Å²) < 4.78 is 6.60. The van der Waals surface area contributed by atoms with Gasteiger partial charge in [-0.05, 0) is 40.4 Å². The van der Waals surface area contributed by atoms with Crippen LogP contribution in [-0.2, 0) is 5.41 Å². The van der Waals surface area contributed by atoms with E-state index in [4.69, 9.17) is 10.3 Å². The fourth-order valence-corrected chi connectivity index (χ4v) is 3.50. The van der Waals surface area contributed by atoms with Gasteiger partial charge in [-0.25, -0.2) is 5.43 Å². The van der Waals surface area contributed by atoms with E-state index in [0.29, 0.717) is 0 Å². The lowest BCUT2D eigenvalue weighted by molar-refractivity contribution is 0.152. The standard InChI is InChI=1S/C15H17BrN2O/c16-12-7-10-19-13(12)14(18-17)15(8-4-9-15)11-5-2-1-3-6-11/h1-3,5-7,10,14,18H,4,8-9,17H2. The first-order valence-electron chi connectivity index (χ1n) is 6.52. The number of hydrogen-bond donors (Lipinski definition) is 2. The van der Waals surface area contributed by atoms with Gasteiger partial charge in [0.1, 0.15) is 5.76 Å². The lowest BCUT2D eigenvalue weighted by Crippen LogP contribution is -2.48. The molecule has 0 radical (unpaired) electrons. The number of hydrazine groups is 1. The van der Waals surface area contributed by atoms with Crippen LogP contribution in [0.2, 0.25) is 0 Å². The molecule has 1 saturated carbocycles. The molecule has 2 aromatic rings. The van der Waals surface area contributed by atoms with E-state index in [0.717, 1.165) is 23.1 Å². The van der Waals surface area contributed by atoms with E-state index >= 15 is 0 Å². The van der Waals surface area contributed by atoms with E-state index < -0.39 is 0 Å². The van der Waals surface area contributed by atoms with Gasteiger partial charge in [-0.1, -0.05) is 36.8 Å². The monoisotopic (exact) mass is 320 g/mol. The van der Waals surface area contributed by atoms with Crippen LogP contribution in [0.15, 0.2) is 51.6 Å². The largest absolute Gasteiger partial charge is 0.466 e. The van der Waals surface area contributed by atoms with E-state index in [1.165, 1.54) is 12.0 Å². The average Bonchev–Trinajstić information content (AvgIpc) is 2.81. The predicted octanol–water partition coefficient (Wildman–Crippen LogP) is 3.67. The first-order valence-corrected chi connectivity index (χ1v) is 7.32. The zero-order chi connectivity index (χ0) is 13.3. The van der Waals surface area contributed by atoms with E-state index in [9.17, 15) is 0 Å². The Kier molecular flexibility index (Phi) is 3.48. The predicted molar refractivity (Wildman–Crippen MR) is 78.4 cm³/mol. The maximum absolute atomic E-state index is 5.83. The van der Waals surface area contributed by atoms with Gasteiger partial charge in [0.05, 0.1) is 16.8 Å². The van der Waals surface area contributed by atoms with E-state index in [2.05, 4.69) is 45.6 Å². The first kappa shape index (κ1) is 12.9. The van der Waals surface area contributed by atoms with Crippen LogP contribution in [-0.4, -0.2) is 0 Å². The molecule has 3 rings (SSSR count). The van der Waals surface area contributed by atoms with E-state index in [-0.39, 0.29) is 11.5 Å². The molecule has 1 aliphatic rings. The van der Waals surface area contributed by atoms with Gasteiger partial charge in [-0.15, -0.1) is 0 Å². The summed E-state index contributed by atoms with van der Waals surface area (Å²) in [5, 5.41) is 0. The van der Waals surface area contributed by atoms with Gasteiger partial charge in [0, 0.05) is 5.41 Å². The van der Waals surface area contributed by atoms with Crippen LogP contribution in [0.5, 0.6) is 0 Å². The van der Waals surface area contributed by atoms with Gasteiger partial charge in [0.15, 0.2) is 0 Å². The smallest absolute Gasteiger partial charge is 0.137 e. The van der Waals surface area contributed by atoms with Crippen LogP contribution in [0.25, 0.3) is 0 Å². The summed E-state index contributed by atoms with van der Waals surface area (Å²) in [6.45, 7) is 0. The van der Waals surface area contributed by atoms with Crippen molar-refractivity contribution in [3.05, 3.63) is 58.5 Å². The minimum absolute atomic E-state index is 0.00646. The van der Waals surface area contributed by atoms with Crippen molar-refractivity contribution in [3.8, 4) is 0 Å². The quantitative estimate of drug-likeness (QED) is 0.667. The number of furan rings is 1. The number of benzene rings is 1. The molecule has 0 amide bonds. The van der Waals surface area contributed by atoms with Crippen LogP contribution in [0.3, 0.4) is 0 Å². The molecule has 1 aromatic carbocycles. The van der Waals surface area contributed by atoms with Gasteiger partial charge in [-0.3, -0.25) is 5.84 Å². The normalized spacial score (nSPS) is 18.8. The molecule has 1 aromatic heterocycles. The van der Waals surface area contributed by atoms with Crippen molar-refractivity contribution >= 4 is 15.9 Å². The van der Waals surface area contributed by atoms with E-state index in [1.807, 2.05) is 12.1 Å². The van der Waals surface area contributed by atoms with Crippen molar-refractivity contribution in [2.45, 2.75) is 30.7 Å². The van der Waals surface area contributed by atoms with Crippen LogP contribution >= 0.6 is 15.9 Å². The second kappa shape index (κ2) is 5.12. The third-order valence-electron chi connectivity index (χ3n) is 4.22. The summed E-state index contributed by atoms with van der Waals surface area (Å²) in [5.74, 6) is 6.72. The fourth-order valence-electron chi connectivity index (χ4n) is 3.07. The Balaban J connectivity index is 2.04. The van der Waals surface area contributed by atoms with Gasteiger partial charge in [0.2, 0.25) is 0 Å². The van der Waals surface area contributed by atoms with Crippen molar-refractivity contribution in [1.82, 2.24) is 5.43 Å². The average molecular weight is 321 g/mol. The lowest BCUT2D eigenvalue weighted by Gasteiger charge is -2.47. The molecule has 1 fully saturated rings. The third kappa shape index (κ3) is 2.04. The lowest BCUT2D eigenvalue weighted by atomic mass is 9.59. The van der Waals surface area contributed by atoms with Crippen LogP contribution in [0.1, 0.15) is 36.6 Å². The summed E-state index contributed by atoms with van der Waals surface area (Å²) in [5.41, 5.74) is 4.33. The van der Waals surface area contributed by atoms with Crippen molar-refractivity contribution in [1.29, 1.82) is 0 Å². The summed E-state index contributed by atoms with van der Waals surface area (Å²) in [6, 6.07) is 12.5. The van der Waals surface area contributed by atoms with Gasteiger partial charge < -0.3 is 4.42 Å². The molecule has 19 heavy (non-hydrogen) atoms.